The van der Waals surface area contributed by atoms with Gasteiger partial charge in [-0.05, 0) is 38.0 Å². The second-order valence-corrected chi connectivity index (χ2v) is 13.8. The molecule has 0 aromatic carbocycles. The van der Waals surface area contributed by atoms with E-state index in [1.165, 1.54) is 64.2 Å². The molecule has 1 amide bonds. The number of carbonyl (C=O) groups is 2. The van der Waals surface area contributed by atoms with E-state index in [2.05, 4.69) is 36.8 Å². The molecule has 12 heteroatoms. The second-order valence-electron chi connectivity index (χ2n) is 13.4. The van der Waals surface area contributed by atoms with Crippen molar-refractivity contribution in [3.8, 4) is 0 Å². The molecule has 0 bridgehead atoms. The van der Waals surface area contributed by atoms with Gasteiger partial charge in [-0.25, -0.2) is 0 Å². The summed E-state index contributed by atoms with van der Waals surface area (Å²) >= 11 is 4.10. The summed E-state index contributed by atoms with van der Waals surface area (Å²) in [6.07, 6.45) is 21.0. The summed E-state index contributed by atoms with van der Waals surface area (Å²) < 4.78 is 34.7. The van der Waals surface area contributed by atoms with Crippen LogP contribution in [-0.2, 0) is 28.5 Å². The molecule has 296 valence electrons. The van der Waals surface area contributed by atoms with Crippen molar-refractivity contribution in [1.82, 2.24) is 16.2 Å². The van der Waals surface area contributed by atoms with Crippen LogP contribution in [0.2, 0.25) is 0 Å². The molecule has 0 saturated carbocycles. The molecule has 0 fully saturated rings. The van der Waals surface area contributed by atoms with Crippen molar-refractivity contribution < 1.29 is 38.1 Å². The number of carboxylic acid groups (broad SMARTS) is 1. The second kappa shape index (κ2) is 38.8. The number of thiol groups is 1. The molecule has 1 unspecified atom stereocenters. The summed E-state index contributed by atoms with van der Waals surface area (Å²) in [6, 6.07) is -0.182. The van der Waals surface area contributed by atoms with Crippen molar-refractivity contribution in [3.05, 3.63) is 12.3 Å². The monoisotopic (exact) mass is 736 g/mol. The van der Waals surface area contributed by atoms with E-state index in [1.807, 2.05) is 0 Å². The summed E-state index contributed by atoms with van der Waals surface area (Å²) in [5.41, 5.74) is 2.60. The van der Waals surface area contributed by atoms with Gasteiger partial charge in [0.15, 0.2) is 0 Å². The van der Waals surface area contributed by atoms with Crippen LogP contribution in [0, 0.1) is 5.92 Å². The fourth-order valence-electron chi connectivity index (χ4n) is 5.42. The first-order valence-electron chi connectivity index (χ1n) is 19.6. The van der Waals surface area contributed by atoms with Crippen LogP contribution >= 0.6 is 12.6 Å². The third-order valence-corrected chi connectivity index (χ3v) is 9.04. The highest BCUT2D eigenvalue weighted by Gasteiger charge is 2.07. The summed E-state index contributed by atoms with van der Waals surface area (Å²) in [5.74, 6) is 0.484. The third kappa shape index (κ3) is 37.8. The minimum atomic E-state index is -0.681. The number of hydrogen-bond donors (Lipinski definition) is 5. The molecule has 0 saturated heterocycles. The van der Waals surface area contributed by atoms with Crippen LogP contribution in [0.5, 0.6) is 0 Å². The maximum Gasteiger partial charge on any atom is 0.303 e. The topological polar surface area (TPSA) is 127 Å². The Balaban J connectivity index is 3.33. The average molecular weight is 736 g/mol. The Bertz CT molecular complexity index is 781. The third-order valence-electron chi connectivity index (χ3n) is 8.60. The van der Waals surface area contributed by atoms with Gasteiger partial charge in [-0.3, -0.25) is 9.59 Å². The van der Waals surface area contributed by atoms with Gasteiger partial charge in [0.2, 0.25) is 5.91 Å². The molecule has 0 aromatic rings. The maximum atomic E-state index is 12.4. The molecule has 50 heavy (non-hydrogen) atoms. The number of rotatable bonds is 41. The highest BCUT2D eigenvalue weighted by atomic mass is 32.1. The highest BCUT2D eigenvalue weighted by molar-refractivity contribution is 7.80. The van der Waals surface area contributed by atoms with E-state index >= 15 is 0 Å². The lowest BCUT2D eigenvalue weighted by Gasteiger charge is -2.12. The number of unbranched alkanes of at least 4 members (excludes halogenated alkanes) is 12. The summed E-state index contributed by atoms with van der Waals surface area (Å²) in [5, 5.41) is 14.8. The number of amides is 1. The maximum absolute atomic E-state index is 12.4. The predicted molar refractivity (Wildman–Crippen MR) is 204 cm³/mol. The fraction of sp³-hybridized carbons (Fsp3) is 0.895. The molecule has 0 aliphatic carbocycles. The normalized spacial score (nSPS) is 12.5. The van der Waals surface area contributed by atoms with E-state index in [9.17, 15) is 14.1 Å². The average Bonchev–Trinajstić information content (AvgIpc) is 3.10. The molecule has 2 atom stereocenters. The number of carbonyl (C=O) groups excluding carboxylic acids is 1. The van der Waals surface area contributed by atoms with E-state index in [0.29, 0.717) is 83.9 Å². The molecule has 0 heterocycles. The van der Waals surface area contributed by atoms with Gasteiger partial charge in [-0.15, -0.1) is 4.48 Å². The van der Waals surface area contributed by atoms with E-state index in [1.54, 1.807) is 5.54 Å². The Hall–Kier alpha value is -1.44. The largest absolute Gasteiger partial charge is 0.481 e. The van der Waals surface area contributed by atoms with E-state index in [-0.39, 0.29) is 11.9 Å². The first-order chi connectivity index (χ1) is 24.4. The minimum absolute atomic E-state index is 0.0999. The zero-order valence-corrected chi connectivity index (χ0v) is 32.4. The predicted octanol–water partition coefficient (Wildman–Crippen LogP) is 7.57. The van der Waals surface area contributed by atoms with Crippen molar-refractivity contribution >= 4 is 24.5 Å². The number of hydrogen-bond acceptors (Lipinski definition) is 9. The molecule has 0 spiro atoms. The van der Waals surface area contributed by atoms with Crippen molar-refractivity contribution in [3.63, 3.8) is 0 Å². The lowest BCUT2D eigenvalue weighted by atomic mass is 9.97. The molecule has 0 aliphatic rings. The van der Waals surface area contributed by atoms with Crippen molar-refractivity contribution in [2.45, 2.75) is 141 Å². The Morgan fingerprint density at radius 3 is 1.76 bits per heavy atom. The smallest absolute Gasteiger partial charge is 0.303 e. The molecule has 10 nitrogen and oxygen atoms in total. The zero-order valence-electron chi connectivity index (χ0n) is 31.5. The quantitative estimate of drug-likeness (QED) is 0.0246. The van der Waals surface area contributed by atoms with Crippen LogP contribution in [0.4, 0.5) is 4.48 Å². The molecule has 0 aromatic heterocycles. The SMILES string of the molecule is C=C(COCCOCCCOCCOCCNC(=O)CC[C@@H](C)CCCCCCCCCCCCCCC(=O)O)NCCCCC(CS)NF. The minimum Gasteiger partial charge on any atom is -0.481 e. The van der Waals surface area contributed by atoms with Crippen LogP contribution in [0.15, 0.2) is 12.3 Å². The standard InChI is InChI=1S/C38H74FN3O7S/c1-34(18-13-11-9-7-5-3-4-6-8-10-12-14-20-38(44)45)21-22-37(43)41-24-27-48-29-28-46-25-17-26-47-30-31-49-32-35(2)40-23-16-15-19-36(33-50)42-39/h34,36,40,42,50H,2-33H2,1H3,(H,41,43)(H,44,45)/t34-,36?/m0/s1. The van der Waals surface area contributed by atoms with Crippen LogP contribution in [0.3, 0.4) is 0 Å². The van der Waals surface area contributed by atoms with Crippen LogP contribution in [0.1, 0.15) is 135 Å². The van der Waals surface area contributed by atoms with E-state index in [0.717, 1.165) is 63.6 Å². The van der Waals surface area contributed by atoms with Gasteiger partial charge in [0.1, 0.15) is 0 Å². The summed E-state index contributed by atoms with van der Waals surface area (Å²) in [4.78, 5) is 22.6. The number of nitrogens with one attached hydrogen (secondary N) is 3. The lowest BCUT2D eigenvalue weighted by molar-refractivity contribution is -0.137. The lowest BCUT2D eigenvalue weighted by Crippen LogP contribution is -2.27. The van der Waals surface area contributed by atoms with Crippen molar-refractivity contribution in [1.29, 1.82) is 0 Å². The number of carboxylic acids is 1. The Morgan fingerprint density at radius 1 is 0.640 bits per heavy atom. The van der Waals surface area contributed by atoms with Crippen LogP contribution in [0.25, 0.3) is 0 Å². The Kier molecular flexibility index (Phi) is 37.7. The van der Waals surface area contributed by atoms with Gasteiger partial charge < -0.3 is 34.7 Å². The van der Waals surface area contributed by atoms with Gasteiger partial charge in [0, 0.05) is 56.6 Å². The van der Waals surface area contributed by atoms with Crippen molar-refractivity contribution in [2.24, 2.45) is 5.92 Å². The van der Waals surface area contributed by atoms with Gasteiger partial charge in [-0.2, -0.15) is 18.2 Å². The first kappa shape index (κ1) is 48.6. The molecule has 4 N–H and O–H groups in total. The summed E-state index contributed by atoms with van der Waals surface area (Å²) in [7, 11) is 0. The fourth-order valence-corrected chi connectivity index (χ4v) is 5.67. The highest BCUT2D eigenvalue weighted by Crippen LogP contribution is 2.17. The molecule has 0 rings (SSSR count). The van der Waals surface area contributed by atoms with E-state index in [4.69, 9.17) is 24.1 Å². The van der Waals surface area contributed by atoms with Gasteiger partial charge in [-0.1, -0.05) is 97.0 Å². The zero-order chi connectivity index (χ0) is 36.8. The van der Waals surface area contributed by atoms with Gasteiger partial charge in [0.05, 0.1) is 39.6 Å². The molecular formula is C38H74FN3O7S. The molecular weight excluding hydrogens is 661 g/mol. The first-order valence-corrected chi connectivity index (χ1v) is 20.2. The Labute approximate surface area is 309 Å². The Morgan fingerprint density at radius 2 is 1.18 bits per heavy atom. The molecule has 0 aliphatic heterocycles. The van der Waals surface area contributed by atoms with Crippen LogP contribution < -0.4 is 16.2 Å². The van der Waals surface area contributed by atoms with Crippen LogP contribution in [-0.4, -0.2) is 94.7 Å². The summed E-state index contributed by atoms with van der Waals surface area (Å²) in [6.45, 7) is 11.7. The number of aliphatic carboxylic acids is 1. The van der Waals surface area contributed by atoms with Gasteiger partial charge >= 0.3 is 5.97 Å². The van der Waals surface area contributed by atoms with E-state index < -0.39 is 5.97 Å². The van der Waals surface area contributed by atoms with Crippen molar-refractivity contribution in [2.75, 3.05) is 71.7 Å². The number of ether oxygens (including phenoxy) is 4. The molecule has 0 radical (unpaired) electrons. The van der Waals surface area contributed by atoms with Gasteiger partial charge in [0.25, 0.3) is 0 Å². The number of halogens is 1.